The van der Waals surface area contributed by atoms with E-state index >= 15 is 0 Å². The topological polar surface area (TPSA) is 28.7 Å². The lowest BCUT2D eigenvalue weighted by Gasteiger charge is -2.09. The highest BCUT2D eigenvalue weighted by Crippen LogP contribution is 2.31. The highest BCUT2D eigenvalue weighted by Gasteiger charge is 2.32. The molecule has 2 aromatic rings. The van der Waals surface area contributed by atoms with Crippen LogP contribution in [0.25, 0.3) is 11.3 Å². The molecule has 100 valence electrons. The Morgan fingerprint density at radius 1 is 1.11 bits per heavy atom. The monoisotopic (exact) mass is 292 g/mol. The van der Waals surface area contributed by atoms with E-state index in [2.05, 4.69) is 17.2 Å². The van der Waals surface area contributed by atoms with Crippen LogP contribution in [0.15, 0.2) is 24.3 Å². The molecule has 0 radical (unpaired) electrons. The highest BCUT2D eigenvalue weighted by atomic mass is 32.1. The van der Waals surface area contributed by atoms with Crippen molar-refractivity contribution in [3.8, 4) is 11.3 Å². The molecule has 0 fully saturated rings. The smallest absolute Gasteiger partial charge is 0.327 e. The van der Waals surface area contributed by atoms with Crippen LogP contribution in [0.4, 0.5) is 22.0 Å². The number of halogens is 5. The highest BCUT2D eigenvalue weighted by molar-refractivity contribution is 7.71. The zero-order chi connectivity index (χ0) is 14.2. The van der Waals surface area contributed by atoms with Crippen LogP contribution in [-0.2, 0) is 6.18 Å². The number of nitrogens with one attached hydrogen (secondary N) is 1. The van der Waals surface area contributed by atoms with Crippen molar-refractivity contribution in [3.05, 3.63) is 46.4 Å². The Hall–Kier alpha value is -1.83. The largest absolute Gasteiger partial charge is 0.431 e. The first kappa shape index (κ1) is 13.6. The SMILES string of the molecule is Fc1cccc(F)c1-c1cc(C(F)(F)F)[nH]c(=S)n1. The molecule has 0 saturated carbocycles. The van der Waals surface area contributed by atoms with Crippen LogP contribution in [-0.4, -0.2) is 9.97 Å². The summed E-state index contributed by atoms with van der Waals surface area (Å²) in [7, 11) is 0. The molecule has 8 heteroatoms. The van der Waals surface area contributed by atoms with Gasteiger partial charge < -0.3 is 4.98 Å². The van der Waals surface area contributed by atoms with Crippen molar-refractivity contribution in [2.75, 3.05) is 0 Å². The van der Waals surface area contributed by atoms with Gasteiger partial charge in [-0.3, -0.25) is 0 Å². The fraction of sp³-hybridized carbons (Fsp3) is 0.0909. The van der Waals surface area contributed by atoms with Crippen LogP contribution in [0, 0.1) is 16.4 Å². The molecule has 0 bridgehead atoms. The first-order valence-corrected chi connectivity index (χ1v) is 5.33. The maximum Gasteiger partial charge on any atom is 0.431 e. The van der Waals surface area contributed by atoms with Gasteiger partial charge in [0.2, 0.25) is 0 Å². The number of hydrogen-bond donors (Lipinski definition) is 1. The van der Waals surface area contributed by atoms with Gasteiger partial charge in [-0.1, -0.05) is 6.07 Å². The lowest BCUT2D eigenvalue weighted by atomic mass is 10.1. The van der Waals surface area contributed by atoms with Gasteiger partial charge in [-0.25, -0.2) is 13.8 Å². The Labute approximate surface area is 108 Å². The zero-order valence-corrected chi connectivity index (χ0v) is 9.87. The molecule has 0 saturated heterocycles. The van der Waals surface area contributed by atoms with Gasteiger partial charge in [0, 0.05) is 0 Å². The van der Waals surface area contributed by atoms with Crippen molar-refractivity contribution in [3.63, 3.8) is 0 Å². The van der Waals surface area contributed by atoms with E-state index in [1.165, 1.54) is 0 Å². The van der Waals surface area contributed by atoms with Gasteiger partial charge >= 0.3 is 6.18 Å². The third-order valence-electron chi connectivity index (χ3n) is 2.27. The van der Waals surface area contributed by atoms with Crippen molar-refractivity contribution in [2.45, 2.75) is 6.18 Å². The number of aromatic nitrogens is 2. The van der Waals surface area contributed by atoms with Crippen LogP contribution in [0.3, 0.4) is 0 Å². The van der Waals surface area contributed by atoms with Crippen LogP contribution >= 0.6 is 12.2 Å². The van der Waals surface area contributed by atoms with Crippen LogP contribution < -0.4 is 0 Å². The standard InChI is InChI=1S/C11H5F5N2S/c12-5-2-1-3-6(13)9(5)7-4-8(11(14,15)16)18-10(19)17-7/h1-4H,(H,17,18,19). The van der Waals surface area contributed by atoms with Crippen LogP contribution in [0.5, 0.6) is 0 Å². The number of aromatic amines is 1. The second-order valence-electron chi connectivity index (χ2n) is 3.58. The van der Waals surface area contributed by atoms with Crippen molar-refractivity contribution < 1.29 is 22.0 Å². The normalized spacial score (nSPS) is 11.6. The second-order valence-corrected chi connectivity index (χ2v) is 3.97. The summed E-state index contributed by atoms with van der Waals surface area (Å²) < 4.78 is 64.2. The molecule has 0 amide bonds. The Balaban J connectivity index is 2.70. The van der Waals surface area contributed by atoms with E-state index in [1.54, 1.807) is 0 Å². The van der Waals surface area contributed by atoms with Crippen molar-refractivity contribution in [1.82, 2.24) is 9.97 Å². The minimum absolute atomic E-state index is 0.507. The van der Waals surface area contributed by atoms with Gasteiger partial charge in [-0.2, -0.15) is 13.2 Å². The summed E-state index contributed by atoms with van der Waals surface area (Å²) in [6, 6.07) is 3.46. The number of rotatable bonds is 1. The van der Waals surface area contributed by atoms with E-state index in [-0.39, 0.29) is 0 Å². The lowest BCUT2D eigenvalue weighted by Crippen LogP contribution is -2.09. The minimum Gasteiger partial charge on any atom is -0.327 e. The molecule has 19 heavy (non-hydrogen) atoms. The fourth-order valence-electron chi connectivity index (χ4n) is 1.48. The molecule has 1 N–H and O–H groups in total. The quantitative estimate of drug-likeness (QED) is 0.633. The van der Waals surface area contributed by atoms with Crippen molar-refractivity contribution in [1.29, 1.82) is 0 Å². The number of nitrogens with zero attached hydrogens (tertiary/aromatic N) is 1. The van der Waals surface area contributed by atoms with E-state index in [9.17, 15) is 22.0 Å². The number of alkyl halides is 3. The molecule has 2 rings (SSSR count). The van der Waals surface area contributed by atoms with Gasteiger partial charge in [-0.05, 0) is 30.4 Å². The Bertz CT molecular complexity index is 657. The summed E-state index contributed by atoms with van der Waals surface area (Å²) in [5.41, 5.74) is -2.37. The average molecular weight is 292 g/mol. The molecule has 1 heterocycles. The molecule has 0 atom stereocenters. The van der Waals surface area contributed by atoms with E-state index in [4.69, 9.17) is 0 Å². The molecule has 0 aliphatic heterocycles. The summed E-state index contributed by atoms with van der Waals surface area (Å²) in [5, 5.41) is 0. The summed E-state index contributed by atoms with van der Waals surface area (Å²) in [6.45, 7) is 0. The molecule has 2 nitrogen and oxygen atoms in total. The number of H-pyrrole nitrogens is 1. The molecule has 0 spiro atoms. The van der Waals surface area contributed by atoms with E-state index in [0.29, 0.717) is 6.07 Å². The van der Waals surface area contributed by atoms with Gasteiger partial charge in [0.25, 0.3) is 0 Å². The fourth-order valence-corrected chi connectivity index (χ4v) is 1.69. The van der Waals surface area contributed by atoms with Gasteiger partial charge in [0.1, 0.15) is 17.3 Å². The third-order valence-corrected chi connectivity index (χ3v) is 2.46. The van der Waals surface area contributed by atoms with Crippen LogP contribution in [0.1, 0.15) is 5.69 Å². The Morgan fingerprint density at radius 3 is 2.21 bits per heavy atom. The van der Waals surface area contributed by atoms with E-state index in [1.807, 2.05) is 4.98 Å². The molecule has 0 aliphatic carbocycles. The minimum atomic E-state index is -4.72. The number of hydrogen-bond acceptors (Lipinski definition) is 2. The van der Waals surface area contributed by atoms with E-state index < -0.39 is 39.5 Å². The first-order chi connectivity index (χ1) is 8.79. The van der Waals surface area contributed by atoms with Crippen molar-refractivity contribution in [2.24, 2.45) is 0 Å². The Kier molecular flexibility index (Phi) is 3.36. The van der Waals surface area contributed by atoms with Gasteiger partial charge in [0.15, 0.2) is 4.77 Å². The average Bonchev–Trinajstić information content (AvgIpc) is 2.26. The molecule has 1 aromatic carbocycles. The summed E-state index contributed by atoms with van der Waals surface area (Å²) in [5.74, 6) is -2.03. The maximum atomic E-state index is 13.5. The summed E-state index contributed by atoms with van der Waals surface area (Å²) in [6.07, 6.45) is -4.72. The van der Waals surface area contributed by atoms with E-state index in [0.717, 1.165) is 18.2 Å². The molecule has 1 aromatic heterocycles. The lowest BCUT2D eigenvalue weighted by molar-refractivity contribution is -0.141. The zero-order valence-electron chi connectivity index (χ0n) is 9.05. The number of benzene rings is 1. The predicted octanol–water partition coefficient (Wildman–Crippen LogP) is 4.10. The Morgan fingerprint density at radius 2 is 1.68 bits per heavy atom. The second kappa shape index (κ2) is 4.69. The molecular weight excluding hydrogens is 287 g/mol. The first-order valence-electron chi connectivity index (χ1n) is 4.92. The summed E-state index contributed by atoms with van der Waals surface area (Å²) in [4.78, 5) is 5.35. The maximum absolute atomic E-state index is 13.5. The third kappa shape index (κ3) is 2.78. The van der Waals surface area contributed by atoms with Crippen LogP contribution in [0.2, 0.25) is 0 Å². The van der Waals surface area contributed by atoms with Crippen molar-refractivity contribution >= 4 is 12.2 Å². The van der Waals surface area contributed by atoms with Gasteiger partial charge in [-0.15, -0.1) is 0 Å². The summed E-state index contributed by atoms with van der Waals surface area (Å²) >= 11 is 4.53. The van der Waals surface area contributed by atoms with Gasteiger partial charge in [0.05, 0.1) is 11.3 Å². The molecular formula is C11H5F5N2S. The molecule has 0 unspecified atom stereocenters. The molecule has 0 aliphatic rings. The predicted molar refractivity (Wildman–Crippen MR) is 59.8 cm³/mol.